The molecule has 18 heavy (non-hydrogen) atoms. The van der Waals surface area contributed by atoms with E-state index in [-0.39, 0.29) is 0 Å². The van der Waals surface area contributed by atoms with Gasteiger partial charge in [-0.2, -0.15) is 0 Å². The van der Waals surface area contributed by atoms with E-state index in [2.05, 4.69) is 63.0 Å². The van der Waals surface area contributed by atoms with Crippen molar-refractivity contribution >= 4 is 5.69 Å². The maximum absolute atomic E-state index is 3.48. The fourth-order valence-corrected chi connectivity index (χ4v) is 2.50. The summed E-state index contributed by atoms with van der Waals surface area (Å²) in [5.41, 5.74) is 6.61. The van der Waals surface area contributed by atoms with Gasteiger partial charge in [0, 0.05) is 17.1 Å². The van der Waals surface area contributed by atoms with E-state index < -0.39 is 0 Å². The molecule has 2 nitrogen and oxygen atoms in total. The highest BCUT2D eigenvalue weighted by Gasteiger charge is 2.26. The van der Waals surface area contributed by atoms with E-state index in [1.807, 2.05) is 13.8 Å². The molecule has 0 spiro atoms. The highest BCUT2D eigenvalue weighted by molar-refractivity contribution is 5.64. The molecule has 100 valence electrons. The molecule has 1 aliphatic heterocycles. The molecule has 2 heteroatoms. The Bertz CT molecular complexity index is 426. The van der Waals surface area contributed by atoms with Crippen molar-refractivity contribution in [2.45, 2.75) is 54.6 Å². The van der Waals surface area contributed by atoms with E-state index in [0.717, 1.165) is 0 Å². The summed E-state index contributed by atoms with van der Waals surface area (Å²) in [6.45, 7) is 14.9. The van der Waals surface area contributed by atoms with Gasteiger partial charge >= 0.3 is 0 Å². The SMILES string of the molecule is CC.CC1=C(C)N(c2c(C)cccc2C)C(C)N1. The number of nitrogens with one attached hydrogen (secondary N) is 1. The van der Waals surface area contributed by atoms with E-state index >= 15 is 0 Å². The lowest BCUT2D eigenvalue weighted by atomic mass is 10.1. The van der Waals surface area contributed by atoms with Gasteiger partial charge in [-0.05, 0) is 45.7 Å². The number of nitrogens with zero attached hydrogens (tertiary/aromatic N) is 1. The van der Waals surface area contributed by atoms with Gasteiger partial charge in [0.15, 0.2) is 0 Å². The fourth-order valence-electron chi connectivity index (χ4n) is 2.50. The molecule has 2 rings (SSSR count). The molecule has 0 saturated heterocycles. The van der Waals surface area contributed by atoms with Crippen LogP contribution in [-0.4, -0.2) is 6.17 Å². The highest BCUT2D eigenvalue weighted by atomic mass is 15.3. The van der Waals surface area contributed by atoms with E-state index in [9.17, 15) is 0 Å². The van der Waals surface area contributed by atoms with Gasteiger partial charge in [0.05, 0.1) is 0 Å². The first kappa shape index (κ1) is 14.6. The van der Waals surface area contributed by atoms with E-state index in [1.54, 1.807) is 0 Å². The summed E-state index contributed by atoms with van der Waals surface area (Å²) >= 11 is 0. The number of rotatable bonds is 1. The van der Waals surface area contributed by atoms with Crippen LogP contribution in [0.3, 0.4) is 0 Å². The number of para-hydroxylation sites is 1. The molecule has 1 aliphatic rings. The second-order valence-corrected chi connectivity index (χ2v) is 4.64. The van der Waals surface area contributed by atoms with Crippen LogP contribution in [0.1, 0.15) is 45.7 Å². The van der Waals surface area contributed by atoms with E-state index in [1.165, 1.54) is 28.2 Å². The third-order valence-electron chi connectivity index (χ3n) is 3.40. The monoisotopic (exact) mass is 246 g/mol. The fraction of sp³-hybridized carbons (Fsp3) is 0.500. The van der Waals surface area contributed by atoms with Crippen LogP contribution in [-0.2, 0) is 0 Å². The van der Waals surface area contributed by atoms with Gasteiger partial charge in [0.1, 0.15) is 6.17 Å². The van der Waals surface area contributed by atoms with Crippen molar-refractivity contribution in [3.05, 3.63) is 40.7 Å². The van der Waals surface area contributed by atoms with Crippen molar-refractivity contribution in [3.8, 4) is 0 Å². The maximum Gasteiger partial charge on any atom is 0.100 e. The van der Waals surface area contributed by atoms with Crippen LogP contribution in [0.2, 0.25) is 0 Å². The smallest absolute Gasteiger partial charge is 0.100 e. The Hall–Kier alpha value is -1.44. The Balaban J connectivity index is 0.000000771. The van der Waals surface area contributed by atoms with E-state index in [4.69, 9.17) is 0 Å². The summed E-state index contributed by atoms with van der Waals surface area (Å²) in [4.78, 5) is 2.39. The predicted molar refractivity (Wildman–Crippen MR) is 80.7 cm³/mol. The zero-order valence-electron chi connectivity index (χ0n) is 12.8. The average Bonchev–Trinajstić information content (AvgIpc) is 2.58. The van der Waals surface area contributed by atoms with Gasteiger partial charge in [0.2, 0.25) is 0 Å². The Morgan fingerprint density at radius 1 is 1.00 bits per heavy atom. The minimum atomic E-state index is 0.347. The summed E-state index contributed by atoms with van der Waals surface area (Å²) in [6.07, 6.45) is 0.347. The topological polar surface area (TPSA) is 15.3 Å². The number of hydrogen-bond donors (Lipinski definition) is 1. The van der Waals surface area contributed by atoms with Gasteiger partial charge in [-0.3, -0.25) is 0 Å². The van der Waals surface area contributed by atoms with Crippen LogP contribution < -0.4 is 10.2 Å². The molecule has 0 bridgehead atoms. The second kappa shape index (κ2) is 5.94. The van der Waals surface area contributed by atoms with Crippen molar-refractivity contribution in [2.24, 2.45) is 0 Å². The van der Waals surface area contributed by atoms with Crippen LogP contribution in [0.15, 0.2) is 29.6 Å². The van der Waals surface area contributed by atoms with Crippen molar-refractivity contribution in [3.63, 3.8) is 0 Å². The van der Waals surface area contributed by atoms with Crippen LogP contribution >= 0.6 is 0 Å². The standard InChI is InChI=1S/C14H20N2.C2H6/c1-9-7-6-8-10(2)14(9)16-12(4)11(3)15-13(16)5;1-2/h6-8,13,15H,1-5H3;1-2H3. The molecule has 1 atom stereocenters. The number of benzene rings is 1. The number of aryl methyl sites for hydroxylation is 2. The van der Waals surface area contributed by atoms with Gasteiger partial charge in [0.25, 0.3) is 0 Å². The first-order chi connectivity index (χ1) is 8.52. The molecule has 0 saturated carbocycles. The van der Waals surface area contributed by atoms with Crippen LogP contribution in [0.5, 0.6) is 0 Å². The molecule has 1 unspecified atom stereocenters. The lowest BCUT2D eigenvalue weighted by molar-refractivity contribution is 0.659. The van der Waals surface area contributed by atoms with Crippen LogP contribution in [0.4, 0.5) is 5.69 Å². The molecule has 1 aromatic rings. The Morgan fingerprint density at radius 3 is 1.89 bits per heavy atom. The van der Waals surface area contributed by atoms with E-state index in [0.29, 0.717) is 6.17 Å². The molecule has 0 amide bonds. The Kier molecular flexibility index (Phi) is 4.83. The summed E-state index contributed by atoms with van der Waals surface area (Å²) in [6, 6.07) is 6.47. The minimum Gasteiger partial charge on any atom is -0.367 e. The Morgan fingerprint density at radius 2 is 1.50 bits per heavy atom. The van der Waals surface area contributed by atoms with Gasteiger partial charge in [-0.25, -0.2) is 0 Å². The molecular formula is C16H26N2. The minimum absolute atomic E-state index is 0.347. The Labute approximate surface area is 112 Å². The largest absolute Gasteiger partial charge is 0.367 e. The lowest BCUT2D eigenvalue weighted by Gasteiger charge is -2.28. The number of anilines is 1. The predicted octanol–water partition coefficient (Wildman–Crippen LogP) is 4.34. The molecule has 0 aromatic heterocycles. The molecule has 1 aromatic carbocycles. The maximum atomic E-state index is 3.48. The molecule has 1 N–H and O–H groups in total. The summed E-state index contributed by atoms with van der Waals surface area (Å²) < 4.78 is 0. The zero-order chi connectivity index (χ0) is 13.9. The second-order valence-electron chi connectivity index (χ2n) is 4.64. The summed E-state index contributed by atoms with van der Waals surface area (Å²) in [5.74, 6) is 0. The van der Waals surface area contributed by atoms with Gasteiger partial charge < -0.3 is 10.2 Å². The highest BCUT2D eigenvalue weighted by Crippen LogP contribution is 2.32. The summed E-state index contributed by atoms with van der Waals surface area (Å²) in [5, 5.41) is 3.48. The van der Waals surface area contributed by atoms with Crippen LogP contribution in [0.25, 0.3) is 0 Å². The number of hydrogen-bond acceptors (Lipinski definition) is 2. The first-order valence-corrected chi connectivity index (χ1v) is 6.82. The first-order valence-electron chi connectivity index (χ1n) is 6.82. The van der Waals surface area contributed by atoms with Crippen molar-refractivity contribution in [1.29, 1.82) is 0 Å². The lowest BCUT2D eigenvalue weighted by Crippen LogP contribution is -2.34. The quantitative estimate of drug-likeness (QED) is 0.793. The van der Waals surface area contributed by atoms with Gasteiger partial charge in [-0.15, -0.1) is 0 Å². The average molecular weight is 246 g/mol. The molecule has 0 aliphatic carbocycles. The molecule has 0 fully saturated rings. The third kappa shape index (κ3) is 2.53. The zero-order valence-corrected chi connectivity index (χ0v) is 12.8. The van der Waals surface area contributed by atoms with Crippen molar-refractivity contribution < 1.29 is 0 Å². The normalized spacial score (nSPS) is 18.4. The summed E-state index contributed by atoms with van der Waals surface area (Å²) in [7, 11) is 0. The molecular weight excluding hydrogens is 220 g/mol. The van der Waals surface area contributed by atoms with Crippen molar-refractivity contribution in [2.75, 3.05) is 4.90 Å². The third-order valence-corrected chi connectivity index (χ3v) is 3.40. The molecule has 1 heterocycles. The molecule has 0 radical (unpaired) electrons. The number of allylic oxidation sites excluding steroid dienone is 2. The van der Waals surface area contributed by atoms with Crippen LogP contribution in [0, 0.1) is 13.8 Å². The van der Waals surface area contributed by atoms with Crippen molar-refractivity contribution in [1.82, 2.24) is 5.32 Å². The van der Waals surface area contributed by atoms with Gasteiger partial charge in [-0.1, -0.05) is 32.0 Å².